The molecule has 0 heterocycles. The van der Waals surface area contributed by atoms with E-state index in [0.717, 1.165) is 0 Å². The van der Waals surface area contributed by atoms with Crippen LogP contribution in [0.3, 0.4) is 0 Å². The molecule has 0 aromatic heterocycles. The Hall–Kier alpha value is -1.29. The molecular formula is C8H5F9O2. The predicted molar refractivity (Wildman–Crippen MR) is 41.1 cm³/mol. The molecule has 0 bridgehead atoms. The van der Waals surface area contributed by atoms with Gasteiger partial charge < -0.3 is 9.59 Å². The molecule has 0 aliphatic carbocycles. The van der Waals surface area contributed by atoms with Crippen molar-refractivity contribution < 1.29 is 49.1 Å². The molecule has 1 atom stereocenters. The van der Waals surface area contributed by atoms with E-state index >= 15 is 0 Å². The van der Waals surface area contributed by atoms with E-state index in [9.17, 15) is 49.1 Å². The summed E-state index contributed by atoms with van der Waals surface area (Å²) in [7, 11) is 0. The minimum absolute atomic E-state index is 0.477. The Morgan fingerprint density at radius 1 is 0.789 bits per heavy atom. The van der Waals surface area contributed by atoms with Gasteiger partial charge in [0.2, 0.25) is 0 Å². The Kier molecular flexibility index (Phi) is 4.66. The van der Waals surface area contributed by atoms with E-state index < -0.39 is 48.9 Å². The van der Waals surface area contributed by atoms with Gasteiger partial charge in [-0.15, -0.1) is 0 Å². The fraction of sp³-hybridized carbons (Fsp3) is 0.750. The van der Waals surface area contributed by atoms with Crippen molar-refractivity contribution in [3.05, 3.63) is 0 Å². The van der Waals surface area contributed by atoms with Crippen LogP contribution >= 0.6 is 0 Å². The fourth-order valence-corrected chi connectivity index (χ4v) is 1.01. The number of carbonyl (C=O) groups is 2. The molecule has 0 spiro atoms. The number of aldehydes is 2. The van der Waals surface area contributed by atoms with Gasteiger partial charge in [0, 0.05) is 6.42 Å². The van der Waals surface area contributed by atoms with Crippen molar-refractivity contribution in [2.75, 3.05) is 0 Å². The van der Waals surface area contributed by atoms with Gasteiger partial charge >= 0.3 is 23.9 Å². The number of halogens is 9. The minimum Gasteiger partial charge on any atom is -0.303 e. The van der Waals surface area contributed by atoms with Crippen LogP contribution in [0.15, 0.2) is 0 Å². The van der Waals surface area contributed by atoms with E-state index in [2.05, 4.69) is 0 Å². The van der Waals surface area contributed by atoms with E-state index in [1.807, 2.05) is 0 Å². The van der Waals surface area contributed by atoms with Crippen molar-refractivity contribution in [1.82, 2.24) is 0 Å². The van der Waals surface area contributed by atoms with Crippen LogP contribution in [0.4, 0.5) is 39.5 Å². The third-order valence-electron chi connectivity index (χ3n) is 2.15. The lowest BCUT2D eigenvalue weighted by Gasteiger charge is -2.35. The molecule has 0 aliphatic rings. The topological polar surface area (TPSA) is 34.1 Å². The number of hydrogen-bond acceptors (Lipinski definition) is 2. The molecule has 1 unspecified atom stereocenters. The Balaban J connectivity index is 5.73. The van der Waals surface area contributed by atoms with Crippen LogP contribution in [0.2, 0.25) is 0 Å². The van der Waals surface area contributed by atoms with Crippen LogP contribution in [0.5, 0.6) is 0 Å². The van der Waals surface area contributed by atoms with E-state index in [-0.39, 0.29) is 0 Å². The summed E-state index contributed by atoms with van der Waals surface area (Å²) >= 11 is 0. The summed E-state index contributed by atoms with van der Waals surface area (Å²) in [6, 6.07) is 0. The molecule has 0 N–H and O–H groups in total. The average molecular weight is 304 g/mol. The second-order valence-corrected chi connectivity index (χ2v) is 3.41. The first-order chi connectivity index (χ1) is 8.27. The molecule has 0 aromatic carbocycles. The molecule has 19 heavy (non-hydrogen) atoms. The first kappa shape index (κ1) is 17.7. The average Bonchev–Trinajstić information content (AvgIpc) is 2.23. The zero-order chi connectivity index (χ0) is 15.7. The highest BCUT2D eigenvalue weighted by atomic mass is 19.4. The molecule has 0 aliphatic heterocycles. The number of alkyl halides is 9. The zero-order valence-electron chi connectivity index (χ0n) is 8.66. The monoisotopic (exact) mass is 304 g/mol. The van der Waals surface area contributed by atoms with Crippen molar-refractivity contribution in [3.8, 4) is 0 Å². The smallest absolute Gasteiger partial charge is 0.303 e. The molecule has 11 heteroatoms. The fourth-order valence-electron chi connectivity index (χ4n) is 1.01. The van der Waals surface area contributed by atoms with Gasteiger partial charge in [0.25, 0.3) is 0 Å². The highest BCUT2D eigenvalue weighted by Crippen LogP contribution is 2.55. The molecule has 0 saturated carbocycles. The number of rotatable bonds is 6. The lowest BCUT2D eigenvalue weighted by atomic mass is 9.90. The lowest BCUT2D eigenvalue weighted by molar-refractivity contribution is -0.400. The van der Waals surface area contributed by atoms with Crippen LogP contribution in [-0.2, 0) is 9.59 Å². The van der Waals surface area contributed by atoms with Crippen LogP contribution < -0.4 is 0 Å². The second kappa shape index (κ2) is 5.00. The summed E-state index contributed by atoms with van der Waals surface area (Å²) < 4.78 is 111. The summed E-state index contributed by atoms with van der Waals surface area (Å²) in [5, 5.41) is 0. The Labute approximate surface area is 99.1 Å². The lowest BCUT2D eigenvalue weighted by Crippen LogP contribution is -2.63. The summed E-state index contributed by atoms with van der Waals surface area (Å²) in [6.45, 7) is 0. The van der Waals surface area contributed by atoms with E-state index in [0.29, 0.717) is 0 Å². The van der Waals surface area contributed by atoms with Gasteiger partial charge in [-0.25, -0.2) is 0 Å². The molecule has 0 saturated heterocycles. The van der Waals surface area contributed by atoms with Crippen molar-refractivity contribution in [1.29, 1.82) is 0 Å². The zero-order valence-corrected chi connectivity index (χ0v) is 8.66. The van der Waals surface area contributed by atoms with Gasteiger partial charge in [0.1, 0.15) is 12.6 Å². The highest BCUT2D eigenvalue weighted by Gasteiger charge is 2.82. The van der Waals surface area contributed by atoms with Gasteiger partial charge in [0.05, 0.1) is 5.92 Å². The summed E-state index contributed by atoms with van der Waals surface area (Å²) in [6.07, 6.45) is -10.0. The molecule has 2 nitrogen and oxygen atoms in total. The third-order valence-corrected chi connectivity index (χ3v) is 2.15. The second-order valence-electron chi connectivity index (χ2n) is 3.41. The first-order valence-electron chi connectivity index (χ1n) is 4.36. The van der Waals surface area contributed by atoms with Gasteiger partial charge in [-0.3, -0.25) is 0 Å². The maximum Gasteiger partial charge on any atom is 0.460 e. The normalized spacial score (nSPS) is 16.1. The Morgan fingerprint density at radius 2 is 1.21 bits per heavy atom. The predicted octanol–water partition coefficient (Wildman–Crippen LogP) is 2.86. The molecule has 112 valence electrons. The van der Waals surface area contributed by atoms with E-state index in [4.69, 9.17) is 0 Å². The maximum absolute atomic E-state index is 13.0. The maximum atomic E-state index is 13.0. The third kappa shape index (κ3) is 2.68. The minimum atomic E-state index is -7.06. The Bertz CT molecular complexity index is 347. The van der Waals surface area contributed by atoms with Crippen LogP contribution in [0.1, 0.15) is 6.42 Å². The van der Waals surface area contributed by atoms with Crippen LogP contribution in [-0.4, -0.2) is 36.5 Å². The van der Waals surface area contributed by atoms with Crippen molar-refractivity contribution >= 4 is 12.6 Å². The van der Waals surface area contributed by atoms with E-state index in [1.54, 1.807) is 0 Å². The standard InChI is InChI=1S/C8H5F9O2/c9-5(10,4(3-19)1-2-18)6(11,12)7(13,14)8(15,16)17/h2-4H,1H2. The molecule has 0 amide bonds. The molecular weight excluding hydrogens is 299 g/mol. The van der Waals surface area contributed by atoms with Crippen molar-refractivity contribution in [3.63, 3.8) is 0 Å². The molecule has 0 aromatic rings. The largest absolute Gasteiger partial charge is 0.460 e. The summed E-state index contributed by atoms with van der Waals surface area (Å²) in [4.78, 5) is 19.9. The summed E-state index contributed by atoms with van der Waals surface area (Å²) in [5.41, 5.74) is 0. The SMILES string of the molecule is O=CCC(C=O)C(F)(F)C(F)(F)C(F)(F)C(F)(F)F. The van der Waals surface area contributed by atoms with Gasteiger partial charge in [-0.2, -0.15) is 39.5 Å². The van der Waals surface area contributed by atoms with E-state index in [1.165, 1.54) is 0 Å². The first-order valence-corrected chi connectivity index (χ1v) is 4.36. The number of hydrogen-bond donors (Lipinski definition) is 0. The Morgan fingerprint density at radius 3 is 1.47 bits per heavy atom. The molecule has 0 radical (unpaired) electrons. The molecule has 0 rings (SSSR count). The van der Waals surface area contributed by atoms with Gasteiger partial charge in [-0.1, -0.05) is 0 Å². The van der Waals surface area contributed by atoms with Gasteiger partial charge in [0.15, 0.2) is 0 Å². The van der Waals surface area contributed by atoms with Crippen LogP contribution in [0, 0.1) is 5.92 Å². The van der Waals surface area contributed by atoms with Crippen molar-refractivity contribution in [2.24, 2.45) is 5.92 Å². The molecule has 0 fully saturated rings. The van der Waals surface area contributed by atoms with Crippen molar-refractivity contribution in [2.45, 2.75) is 30.4 Å². The van der Waals surface area contributed by atoms with Gasteiger partial charge in [-0.05, 0) is 0 Å². The summed E-state index contributed by atoms with van der Waals surface area (Å²) in [5.74, 6) is -23.3. The highest BCUT2D eigenvalue weighted by molar-refractivity contribution is 5.63. The van der Waals surface area contributed by atoms with Crippen LogP contribution in [0.25, 0.3) is 0 Å². The quantitative estimate of drug-likeness (QED) is 0.558. The number of carbonyl (C=O) groups excluding carboxylic acids is 2.